The van der Waals surface area contributed by atoms with Gasteiger partial charge in [0.25, 0.3) is 5.56 Å². The quantitative estimate of drug-likeness (QED) is 0.101. The van der Waals surface area contributed by atoms with Gasteiger partial charge < -0.3 is 16.0 Å². The average Bonchev–Trinajstić information content (AvgIpc) is 3.50. The van der Waals surface area contributed by atoms with E-state index in [4.69, 9.17) is 0 Å². The summed E-state index contributed by atoms with van der Waals surface area (Å²) in [6.07, 6.45) is 13.0. The van der Waals surface area contributed by atoms with Crippen LogP contribution in [0.25, 0.3) is 16.6 Å². The van der Waals surface area contributed by atoms with Crippen LogP contribution in [0.2, 0.25) is 0 Å². The van der Waals surface area contributed by atoms with Gasteiger partial charge in [0.2, 0.25) is 17.7 Å². The highest BCUT2D eigenvalue weighted by Crippen LogP contribution is 2.59. The number of anilines is 1. The van der Waals surface area contributed by atoms with Crippen LogP contribution < -0.4 is 21.5 Å². The highest BCUT2D eigenvalue weighted by atomic mass is 16.2. The number of aromatic nitrogens is 4. The van der Waals surface area contributed by atoms with Gasteiger partial charge in [0.1, 0.15) is 0 Å². The van der Waals surface area contributed by atoms with Crippen LogP contribution in [0, 0.1) is 43.9 Å². The molecule has 2 aromatic carbocycles. The SMILES string of the molecule is Cc1ccc(-n2nc3c(=O)n(CCCC(=O)NCCc4ccc(NC(=O)CCCCCC(=O)NCC56CC7CC(CC(C7)C5)C6)cc4)nc(C)c3c2C)cc1. The number of fused-ring (bicyclic) bond motifs is 1. The number of benzene rings is 2. The van der Waals surface area contributed by atoms with E-state index in [9.17, 15) is 19.2 Å². The smallest absolute Gasteiger partial charge is 0.295 e. The Morgan fingerprint density at radius 2 is 1.36 bits per heavy atom. The van der Waals surface area contributed by atoms with E-state index in [-0.39, 0.29) is 29.7 Å². The van der Waals surface area contributed by atoms with E-state index in [1.54, 1.807) is 4.68 Å². The molecule has 4 aliphatic carbocycles. The van der Waals surface area contributed by atoms with Crippen molar-refractivity contribution < 1.29 is 14.4 Å². The molecule has 4 aliphatic rings. The average molecular weight is 748 g/mol. The number of nitrogens with zero attached hydrogens (tertiary/aromatic N) is 4. The predicted octanol–water partition coefficient (Wildman–Crippen LogP) is 6.87. The molecule has 0 atom stereocenters. The summed E-state index contributed by atoms with van der Waals surface area (Å²) in [5.74, 6) is 2.75. The molecule has 0 saturated heterocycles. The van der Waals surface area contributed by atoms with Crippen LogP contribution in [0.3, 0.4) is 0 Å². The minimum absolute atomic E-state index is 0.0224. The van der Waals surface area contributed by atoms with Gasteiger partial charge in [0.05, 0.1) is 22.5 Å². The largest absolute Gasteiger partial charge is 0.356 e. The predicted molar refractivity (Wildman–Crippen MR) is 215 cm³/mol. The van der Waals surface area contributed by atoms with E-state index in [0.29, 0.717) is 49.7 Å². The second kappa shape index (κ2) is 16.9. The molecule has 4 aromatic rings. The molecule has 8 rings (SSSR count). The van der Waals surface area contributed by atoms with Crippen LogP contribution in [0.5, 0.6) is 0 Å². The molecule has 0 aliphatic heterocycles. The molecule has 11 heteroatoms. The van der Waals surface area contributed by atoms with E-state index >= 15 is 0 Å². The second-order valence-corrected chi connectivity index (χ2v) is 16.9. The van der Waals surface area contributed by atoms with E-state index in [2.05, 4.69) is 26.1 Å². The number of aryl methyl sites for hydroxylation is 4. The van der Waals surface area contributed by atoms with Crippen molar-refractivity contribution in [2.24, 2.45) is 23.2 Å². The maximum atomic E-state index is 13.3. The van der Waals surface area contributed by atoms with Gasteiger partial charge in [-0.1, -0.05) is 36.2 Å². The lowest BCUT2D eigenvalue weighted by Crippen LogP contribution is -2.51. The molecule has 4 bridgehead atoms. The van der Waals surface area contributed by atoms with Crippen molar-refractivity contribution >= 4 is 34.3 Å². The summed E-state index contributed by atoms with van der Waals surface area (Å²) in [4.78, 5) is 51.0. The Hall–Kier alpha value is -4.80. The van der Waals surface area contributed by atoms with Gasteiger partial charge in [-0.3, -0.25) is 19.2 Å². The Bertz CT molecular complexity index is 2030. The standard InChI is InChI=1S/C44H57N7O4/c1-29-11-17-37(18-12-29)51-31(3)41-30(2)48-50(43(55)42(41)49-51)21-7-10-38(52)45-20-19-32-13-15-36(16-14-32)47-40(54)9-6-4-5-8-39(53)46-28-44-25-33-22-34(26-44)24-35(23-33)27-44/h11-18,33-35H,4-10,19-28H2,1-3H3,(H,45,52)(H,46,53)(H,47,54). The highest BCUT2D eigenvalue weighted by molar-refractivity contribution is 5.90. The van der Waals surface area contributed by atoms with Crippen LogP contribution >= 0.6 is 0 Å². The van der Waals surface area contributed by atoms with Crippen molar-refractivity contribution in [1.82, 2.24) is 30.2 Å². The fraction of sp³-hybridized carbons (Fsp3) is 0.545. The first-order chi connectivity index (χ1) is 26.5. The van der Waals surface area contributed by atoms with Gasteiger partial charge in [0, 0.05) is 44.6 Å². The minimum atomic E-state index is -0.257. The number of hydrogen-bond donors (Lipinski definition) is 3. The summed E-state index contributed by atoms with van der Waals surface area (Å²) < 4.78 is 3.21. The Labute approximate surface area is 324 Å². The molecule has 3 amide bonds. The second-order valence-electron chi connectivity index (χ2n) is 16.9. The molecule has 2 heterocycles. The molecule has 4 fully saturated rings. The number of hydrogen-bond acceptors (Lipinski definition) is 6. The summed E-state index contributed by atoms with van der Waals surface area (Å²) in [5.41, 5.74) is 5.94. The van der Waals surface area contributed by atoms with Gasteiger partial charge in [-0.05, 0) is 138 Å². The zero-order valence-electron chi connectivity index (χ0n) is 32.8. The molecule has 292 valence electrons. The minimum Gasteiger partial charge on any atom is -0.356 e. The van der Waals surface area contributed by atoms with Crippen LogP contribution in [0.4, 0.5) is 5.69 Å². The molecule has 4 saturated carbocycles. The Balaban J connectivity index is 0.757. The normalized spacial score (nSPS) is 21.2. The van der Waals surface area contributed by atoms with E-state index in [0.717, 1.165) is 82.8 Å². The number of amides is 3. The molecule has 2 aromatic heterocycles. The van der Waals surface area contributed by atoms with Crippen molar-refractivity contribution in [1.29, 1.82) is 0 Å². The number of unbranched alkanes of at least 4 members (excludes halogenated alkanes) is 2. The summed E-state index contributed by atoms with van der Waals surface area (Å²) >= 11 is 0. The maximum Gasteiger partial charge on any atom is 0.295 e. The molecule has 0 radical (unpaired) electrons. The van der Waals surface area contributed by atoms with Gasteiger partial charge >= 0.3 is 0 Å². The zero-order chi connectivity index (χ0) is 38.5. The molecule has 0 unspecified atom stereocenters. The Morgan fingerprint density at radius 1 is 0.745 bits per heavy atom. The molecule has 0 spiro atoms. The van der Waals surface area contributed by atoms with Gasteiger partial charge in [-0.25, -0.2) is 9.36 Å². The first-order valence-corrected chi connectivity index (χ1v) is 20.5. The number of carbonyl (C=O) groups excluding carboxylic acids is 3. The third-order valence-electron chi connectivity index (χ3n) is 12.3. The third-order valence-corrected chi connectivity index (χ3v) is 12.3. The van der Waals surface area contributed by atoms with Crippen LogP contribution in [0.15, 0.2) is 53.3 Å². The molecular formula is C44H57N7O4. The van der Waals surface area contributed by atoms with E-state index in [1.165, 1.54) is 43.2 Å². The molecular weight excluding hydrogens is 691 g/mol. The van der Waals surface area contributed by atoms with E-state index in [1.807, 2.05) is 69.3 Å². The third kappa shape index (κ3) is 9.36. The maximum absolute atomic E-state index is 13.3. The summed E-state index contributed by atoms with van der Waals surface area (Å²) in [5, 5.41) is 19.2. The lowest BCUT2D eigenvalue weighted by molar-refractivity contribution is -0.123. The fourth-order valence-corrected chi connectivity index (χ4v) is 10.0. The van der Waals surface area contributed by atoms with Crippen molar-refractivity contribution in [3.8, 4) is 5.69 Å². The van der Waals surface area contributed by atoms with Crippen LogP contribution in [0.1, 0.15) is 106 Å². The molecule has 3 N–H and O–H groups in total. The van der Waals surface area contributed by atoms with Crippen molar-refractivity contribution in [3.05, 3.63) is 81.4 Å². The topological polar surface area (TPSA) is 140 Å². The zero-order valence-corrected chi connectivity index (χ0v) is 32.8. The lowest BCUT2D eigenvalue weighted by atomic mass is 9.49. The van der Waals surface area contributed by atoms with Crippen LogP contribution in [-0.2, 0) is 27.3 Å². The number of rotatable bonds is 17. The summed E-state index contributed by atoms with van der Waals surface area (Å²) in [7, 11) is 0. The van der Waals surface area contributed by atoms with E-state index < -0.39 is 0 Å². The van der Waals surface area contributed by atoms with Crippen molar-refractivity contribution in [2.75, 3.05) is 18.4 Å². The highest BCUT2D eigenvalue weighted by Gasteiger charge is 2.50. The number of nitrogens with one attached hydrogen (secondary N) is 3. The Morgan fingerprint density at radius 3 is 2.04 bits per heavy atom. The first kappa shape index (κ1) is 38.5. The number of carbonyl (C=O) groups is 3. The van der Waals surface area contributed by atoms with Crippen LogP contribution in [-0.4, -0.2) is 50.4 Å². The summed E-state index contributed by atoms with van der Waals surface area (Å²) in [6.45, 7) is 7.53. The van der Waals surface area contributed by atoms with Gasteiger partial charge in [0.15, 0.2) is 5.52 Å². The first-order valence-electron chi connectivity index (χ1n) is 20.5. The van der Waals surface area contributed by atoms with Crippen molar-refractivity contribution in [3.63, 3.8) is 0 Å². The molecule has 11 nitrogen and oxygen atoms in total. The molecule has 55 heavy (non-hydrogen) atoms. The van der Waals surface area contributed by atoms with Crippen molar-refractivity contribution in [2.45, 2.75) is 117 Å². The Kier molecular flexibility index (Phi) is 11.8. The van der Waals surface area contributed by atoms with Gasteiger partial charge in [-0.2, -0.15) is 10.2 Å². The summed E-state index contributed by atoms with van der Waals surface area (Å²) in [6, 6.07) is 15.7. The fourth-order valence-electron chi connectivity index (χ4n) is 10.0. The van der Waals surface area contributed by atoms with Gasteiger partial charge in [-0.15, -0.1) is 0 Å². The monoisotopic (exact) mass is 747 g/mol. The lowest BCUT2D eigenvalue weighted by Gasteiger charge is -2.56.